The molecule has 1 amide bonds. The van der Waals surface area contributed by atoms with Crippen molar-refractivity contribution in [3.8, 4) is 0 Å². The van der Waals surface area contributed by atoms with E-state index in [2.05, 4.69) is 5.32 Å². The van der Waals surface area contributed by atoms with Crippen molar-refractivity contribution in [3.63, 3.8) is 0 Å². The van der Waals surface area contributed by atoms with Gasteiger partial charge in [0.15, 0.2) is 0 Å². The number of alkyl halides is 3. The maximum Gasteiger partial charge on any atom is 0.397 e. The van der Waals surface area contributed by atoms with Crippen molar-refractivity contribution in [1.82, 2.24) is 5.32 Å². The van der Waals surface area contributed by atoms with Crippen LogP contribution in [0.2, 0.25) is 0 Å². The van der Waals surface area contributed by atoms with Crippen LogP contribution in [0, 0.1) is 5.41 Å². The quantitative estimate of drug-likeness (QED) is 0.754. The molecule has 0 fully saturated rings. The molecule has 0 aliphatic heterocycles. The number of aliphatic hydroxyl groups is 1. The Morgan fingerprint density at radius 3 is 2.39 bits per heavy atom. The Labute approximate surface area is 110 Å². The van der Waals surface area contributed by atoms with Crippen LogP contribution >= 0.6 is 11.8 Å². The summed E-state index contributed by atoms with van der Waals surface area (Å²) in [6.45, 7) is 5.75. The molecule has 0 aromatic heterocycles. The molecule has 0 aromatic carbocycles. The number of hydrogen-bond acceptors (Lipinski definition) is 3. The summed E-state index contributed by atoms with van der Waals surface area (Å²) < 4.78 is 35.5. The van der Waals surface area contributed by atoms with E-state index in [9.17, 15) is 23.1 Å². The third kappa shape index (κ3) is 10.7. The van der Waals surface area contributed by atoms with E-state index in [4.69, 9.17) is 0 Å². The Morgan fingerprint density at radius 2 is 1.94 bits per heavy atom. The van der Waals surface area contributed by atoms with Crippen LogP contribution in [0.3, 0.4) is 0 Å². The van der Waals surface area contributed by atoms with Crippen LogP contribution in [-0.4, -0.2) is 41.3 Å². The molecule has 2 N–H and O–H groups in total. The van der Waals surface area contributed by atoms with Gasteiger partial charge in [-0.05, 0) is 18.8 Å². The van der Waals surface area contributed by atoms with Crippen molar-refractivity contribution in [2.45, 2.75) is 39.5 Å². The predicted molar refractivity (Wildman–Crippen MR) is 66.5 cm³/mol. The highest BCUT2D eigenvalue weighted by Crippen LogP contribution is 2.22. The SMILES string of the molecule is CC(O)CC(C)(C)CNC(=O)CSCC(F)(F)F. The number of carbonyl (C=O) groups is 1. The van der Waals surface area contributed by atoms with Gasteiger partial charge in [0.05, 0.1) is 17.6 Å². The highest BCUT2D eigenvalue weighted by molar-refractivity contribution is 8.00. The molecule has 0 saturated carbocycles. The number of carbonyl (C=O) groups excluding carboxylic acids is 1. The van der Waals surface area contributed by atoms with Crippen LogP contribution in [0.1, 0.15) is 27.2 Å². The Bertz CT molecular complexity index is 268. The number of amides is 1. The Morgan fingerprint density at radius 1 is 1.39 bits per heavy atom. The number of hydrogen-bond donors (Lipinski definition) is 2. The lowest BCUT2D eigenvalue weighted by atomic mass is 9.87. The van der Waals surface area contributed by atoms with Crippen LogP contribution in [0.15, 0.2) is 0 Å². The molecule has 108 valence electrons. The predicted octanol–water partition coefficient (Wildman–Crippen LogP) is 2.20. The molecule has 0 aliphatic carbocycles. The van der Waals surface area contributed by atoms with Crippen LogP contribution in [0.25, 0.3) is 0 Å². The molecular formula is C11H20F3NO2S. The summed E-state index contributed by atoms with van der Waals surface area (Å²) in [5.41, 5.74) is -0.279. The lowest BCUT2D eigenvalue weighted by molar-refractivity contribution is -0.119. The Balaban J connectivity index is 3.83. The Kier molecular flexibility index (Phi) is 7.06. The van der Waals surface area contributed by atoms with Crippen molar-refractivity contribution in [2.24, 2.45) is 5.41 Å². The first-order valence-electron chi connectivity index (χ1n) is 5.61. The monoisotopic (exact) mass is 287 g/mol. The summed E-state index contributed by atoms with van der Waals surface area (Å²) in [5, 5.41) is 11.8. The van der Waals surface area contributed by atoms with Gasteiger partial charge in [-0.2, -0.15) is 13.2 Å². The zero-order valence-corrected chi connectivity index (χ0v) is 11.6. The molecule has 18 heavy (non-hydrogen) atoms. The molecule has 0 aliphatic rings. The van der Waals surface area contributed by atoms with Gasteiger partial charge in [0.25, 0.3) is 0 Å². The van der Waals surface area contributed by atoms with E-state index in [0.717, 1.165) is 0 Å². The minimum absolute atomic E-state index is 0.204. The van der Waals surface area contributed by atoms with E-state index >= 15 is 0 Å². The van der Waals surface area contributed by atoms with E-state index in [0.29, 0.717) is 24.7 Å². The average Bonchev–Trinajstić information content (AvgIpc) is 2.10. The van der Waals surface area contributed by atoms with Crippen molar-refractivity contribution in [3.05, 3.63) is 0 Å². The van der Waals surface area contributed by atoms with Crippen molar-refractivity contribution in [2.75, 3.05) is 18.1 Å². The van der Waals surface area contributed by atoms with Crippen LogP contribution in [0.5, 0.6) is 0 Å². The summed E-state index contributed by atoms with van der Waals surface area (Å²) >= 11 is 0.546. The largest absolute Gasteiger partial charge is 0.397 e. The summed E-state index contributed by atoms with van der Waals surface area (Å²) in [6.07, 6.45) is -4.20. The second-order valence-electron chi connectivity index (χ2n) is 5.10. The van der Waals surface area contributed by atoms with Gasteiger partial charge in [0.1, 0.15) is 0 Å². The van der Waals surface area contributed by atoms with Gasteiger partial charge in [-0.1, -0.05) is 13.8 Å². The van der Waals surface area contributed by atoms with Gasteiger partial charge < -0.3 is 10.4 Å². The highest BCUT2D eigenvalue weighted by Gasteiger charge is 2.27. The average molecular weight is 287 g/mol. The van der Waals surface area contributed by atoms with E-state index in [1.165, 1.54) is 0 Å². The standard InChI is InChI=1S/C11H20F3NO2S/c1-8(16)4-10(2,3)6-15-9(17)5-18-7-11(12,13)14/h8,16H,4-7H2,1-3H3,(H,15,17). The molecule has 0 saturated heterocycles. The summed E-state index contributed by atoms with van der Waals surface area (Å²) in [7, 11) is 0. The smallest absolute Gasteiger partial charge is 0.393 e. The number of rotatable bonds is 7. The first-order valence-corrected chi connectivity index (χ1v) is 6.76. The molecule has 0 aromatic rings. The van der Waals surface area contributed by atoms with Crippen molar-refractivity contribution < 1.29 is 23.1 Å². The maximum atomic E-state index is 11.8. The van der Waals surface area contributed by atoms with Gasteiger partial charge in [0.2, 0.25) is 5.91 Å². The lowest BCUT2D eigenvalue weighted by Crippen LogP contribution is -2.36. The zero-order valence-electron chi connectivity index (χ0n) is 10.8. The second-order valence-corrected chi connectivity index (χ2v) is 6.09. The third-order valence-corrected chi connectivity index (χ3v) is 3.11. The fourth-order valence-electron chi connectivity index (χ4n) is 1.52. The topological polar surface area (TPSA) is 49.3 Å². The molecule has 0 spiro atoms. The molecule has 0 bridgehead atoms. The molecule has 0 rings (SSSR count). The molecule has 3 nitrogen and oxygen atoms in total. The van der Waals surface area contributed by atoms with Gasteiger partial charge in [-0.3, -0.25) is 4.79 Å². The fourth-order valence-corrected chi connectivity index (χ4v) is 2.14. The van der Waals surface area contributed by atoms with E-state index in [1.807, 2.05) is 13.8 Å². The molecule has 7 heteroatoms. The lowest BCUT2D eigenvalue weighted by Gasteiger charge is -2.26. The molecule has 1 atom stereocenters. The minimum Gasteiger partial charge on any atom is -0.393 e. The molecule has 1 unspecified atom stereocenters. The van der Waals surface area contributed by atoms with Gasteiger partial charge in [-0.15, -0.1) is 11.8 Å². The summed E-state index contributed by atoms with van der Waals surface area (Å²) in [6, 6.07) is 0. The molecule has 0 radical (unpaired) electrons. The second kappa shape index (κ2) is 7.23. The van der Waals surface area contributed by atoms with Gasteiger partial charge >= 0.3 is 6.18 Å². The molecular weight excluding hydrogens is 267 g/mol. The summed E-state index contributed by atoms with van der Waals surface area (Å²) in [4.78, 5) is 11.3. The number of nitrogens with one attached hydrogen (secondary N) is 1. The summed E-state index contributed by atoms with van der Waals surface area (Å²) in [5.74, 6) is -1.63. The van der Waals surface area contributed by atoms with E-state index in [-0.39, 0.29) is 11.2 Å². The van der Waals surface area contributed by atoms with Crippen LogP contribution in [-0.2, 0) is 4.79 Å². The first kappa shape index (κ1) is 17.6. The van der Waals surface area contributed by atoms with Crippen LogP contribution in [0.4, 0.5) is 13.2 Å². The fraction of sp³-hybridized carbons (Fsp3) is 0.909. The van der Waals surface area contributed by atoms with Gasteiger partial charge in [0, 0.05) is 6.54 Å². The highest BCUT2D eigenvalue weighted by atomic mass is 32.2. The van der Waals surface area contributed by atoms with E-state index in [1.54, 1.807) is 6.92 Å². The van der Waals surface area contributed by atoms with Gasteiger partial charge in [-0.25, -0.2) is 0 Å². The molecule has 0 heterocycles. The number of thioether (sulfide) groups is 1. The van der Waals surface area contributed by atoms with E-state index < -0.39 is 23.9 Å². The van der Waals surface area contributed by atoms with Crippen LogP contribution < -0.4 is 5.32 Å². The normalized spacial score (nSPS) is 14.4. The zero-order chi connectivity index (χ0) is 14.4. The first-order chi connectivity index (χ1) is 8.02. The van der Waals surface area contributed by atoms with Crippen molar-refractivity contribution >= 4 is 17.7 Å². The Hall–Kier alpha value is -0.430. The van der Waals surface area contributed by atoms with Crippen molar-refractivity contribution in [1.29, 1.82) is 0 Å². The number of aliphatic hydroxyl groups excluding tert-OH is 1. The third-order valence-electron chi connectivity index (χ3n) is 2.11. The maximum absolute atomic E-state index is 11.8. The number of halogens is 3. The minimum atomic E-state index is -4.24.